The quantitative estimate of drug-likeness (QED) is 0.328. The fraction of sp³-hybridized carbons (Fsp3) is 0.414. The van der Waals surface area contributed by atoms with Crippen LogP contribution in [0.2, 0.25) is 0 Å². The number of nitrogens with one attached hydrogen (secondary N) is 1. The topological polar surface area (TPSA) is 125 Å². The number of Topliss-reactive ketones (excluding diaryl/α,β-unsaturated/α-hetero) is 1. The first kappa shape index (κ1) is 29.9. The third-order valence-electron chi connectivity index (χ3n) is 6.74. The number of aliphatic hydroxyl groups is 2. The number of amides is 2. The highest BCUT2D eigenvalue weighted by Gasteiger charge is 2.46. The van der Waals surface area contributed by atoms with Gasteiger partial charge in [-0.3, -0.25) is 14.4 Å². The number of carbonyl (C=O) groups excluding carboxylic acids is 3. The molecule has 0 radical (unpaired) electrons. The van der Waals surface area contributed by atoms with Crippen molar-refractivity contribution in [2.24, 2.45) is 0 Å². The Morgan fingerprint density at radius 2 is 1.85 bits per heavy atom. The molecule has 0 aliphatic carbocycles. The summed E-state index contributed by atoms with van der Waals surface area (Å²) in [5.74, 6) is 3.21. The van der Waals surface area contributed by atoms with E-state index in [0.29, 0.717) is 24.2 Å². The number of aliphatic hydroxyl groups excluding tert-OH is 2. The van der Waals surface area contributed by atoms with Crippen molar-refractivity contribution in [1.29, 1.82) is 0 Å². The van der Waals surface area contributed by atoms with Gasteiger partial charge in [-0.05, 0) is 62.6 Å². The summed E-state index contributed by atoms with van der Waals surface area (Å²) in [6.07, 6.45) is 0.665. The Labute approximate surface area is 226 Å². The molecule has 1 aliphatic rings. The molecule has 3 N–H and O–H groups in total. The van der Waals surface area contributed by atoms with Gasteiger partial charge in [0.2, 0.25) is 0 Å². The maximum atomic E-state index is 14.2. The molecule has 1 heterocycles. The van der Waals surface area contributed by atoms with E-state index in [4.69, 9.17) is 14.6 Å². The summed E-state index contributed by atoms with van der Waals surface area (Å²) >= 11 is 0. The predicted octanol–water partition coefficient (Wildman–Crippen LogP) is 1.94. The highest BCUT2D eigenvalue weighted by atomic mass is 19.1. The lowest BCUT2D eigenvalue weighted by Gasteiger charge is -2.36. The van der Waals surface area contributed by atoms with E-state index in [1.807, 2.05) is 0 Å². The van der Waals surface area contributed by atoms with Gasteiger partial charge in [0.15, 0.2) is 17.6 Å². The molecular formula is C29H33FN2O7. The molecule has 1 fully saturated rings. The number of likely N-dealkylation sites (N-methyl/N-ethyl adjacent to an activating group) is 2. The average Bonchev–Trinajstić information content (AvgIpc) is 2.97. The Kier molecular flexibility index (Phi) is 10.3. The molecule has 3 rings (SSSR count). The molecule has 0 aromatic heterocycles. The van der Waals surface area contributed by atoms with Crippen molar-refractivity contribution >= 4 is 17.6 Å². The SMILES string of the molecule is CNC(=O)[C@@](C)(C(=O)COC1CCCCO1)N(C)C(=O)c1ccc(C#Cc2ccc([C@@H](O)CO)c(F)c2)cc1. The molecular weight excluding hydrogens is 507 g/mol. The fourth-order valence-electron chi connectivity index (χ4n) is 4.07. The smallest absolute Gasteiger partial charge is 0.254 e. The van der Waals surface area contributed by atoms with Crippen LogP contribution in [0.5, 0.6) is 0 Å². The van der Waals surface area contributed by atoms with Crippen LogP contribution >= 0.6 is 0 Å². The molecule has 0 saturated carbocycles. The van der Waals surface area contributed by atoms with Crippen molar-refractivity contribution in [3.8, 4) is 11.8 Å². The van der Waals surface area contributed by atoms with Crippen LogP contribution in [0.1, 0.15) is 59.3 Å². The van der Waals surface area contributed by atoms with Crippen LogP contribution in [0, 0.1) is 17.7 Å². The van der Waals surface area contributed by atoms with Crippen molar-refractivity contribution < 1.29 is 38.5 Å². The van der Waals surface area contributed by atoms with Crippen LogP contribution < -0.4 is 5.32 Å². The molecule has 0 bridgehead atoms. The number of hydrogen-bond acceptors (Lipinski definition) is 7. The summed E-state index contributed by atoms with van der Waals surface area (Å²) in [4.78, 5) is 40.3. The fourth-order valence-corrected chi connectivity index (χ4v) is 4.07. The summed E-state index contributed by atoms with van der Waals surface area (Å²) < 4.78 is 25.2. The van der Waals surface area contributed by atoms with E-state index < -0.39 is 48.0 Å². The number of benzene rings is 2. The van der Waals surface area contributed by atoms with Gasteiger partial charge in [-0.2, -0.15) is 0 Å². The molecule has 2 amide bonds. The molecule has 2 aromatic carbocycles. The van der Waals surface area contributed by atoms with Crippen molar-refractivity contribution in [2.45, 2.75) is 44.1 Å². The van der Waals surface area contributed by atoms with Crippen molar-refractivity contribution in [3.05, 3.63) is 70.5 Å². The third kappa shape index (κ3) is 7.07. The molecule has 1 unspecified atom stereocenters. The first-order valence-electron chi connectivity index (χ1n) is 12.6. The van der Waals surface area contributed by atoms with Crippen LogP contribution in [0.3, 0.4) is 0 Å². The second-order valence-electron chi connectivity index (χ2n) is 9.31. The number of hydrogen-bond donors (Lipinski definition) is 3. The largest absolute Gasteiger partial charge is 0.393 e. The minimum absolute atomic E-state index is 0.0221. The Morgan fingerprint density at radius 3 is 2.44 bits per heavy atom. The van der Waals surface area contributed by atoms with E-state index in [2.05, 4.69) is 17.2 Å². The van der Waals surface area contributed by atoms with E-state index >= 15 is 0 Å². The van der Waals surface area contributed by atoms with Crippen LogP contribution in [-0.4, -0.2) is 78.5 Å². The van der Waals surface area contributed by atoms with Gasteiger partial charge >= 0.3 is 0 Å². The van der Waals surface area contributed by atoms with Crippen molar-refractivity contribution in [2.75, 3.05) is 33.9 Å². The second-order valence-corrected chi connectivity index (χ2v) is 9.31. The van der Waals surface area contributed by atoms with Crippen LogP contribution in [0.25, 0.3) is 0 Å². The maximum absolute atomic E-state index is 14.2. The van der Waals surface area contributed by atoms with Gasteiger partial charge < -0.3 is 29.9 Å². The Morgan fingerprint density at radius 1 is 1.18 bits per heavy atom. The normalized spacial score (nSPS) is 17.2. The minimum Gasteiger partial charge on any atom is -0.393 e. The molecule has 208 valence electrons. The number of halogens is 1. The number of carbonyl (C=O) groups is 3. The number of ether oxygens (including phenoxy) is 2. The monoisotopic (exact) mass is 540 g/mol. The van der Waals surface area contributed by atoms with Crippen LogP contribution in [0.4, 0.5) is 4.39 Å². The molecule has 0 spiro atoms. The average molecular weight is 541 g/mol. The molecule has 2 aromatic rings. The van der Waals surface area contributed by atoms with Crippen LogP contribution in [0.15, 0.2) is 42.5 Å². The zero-order valence-electron chi connectivity index (χ0n) is 22.2. The van der Waals surface area contributed by atoms with Gasteiger partial charge in [0.1, 0.15) is 18.5 Å². The highest BCUT2D eigenvalue weighted by molar-refractivity contribution is 6.14. The van der Waals surface area contributed by atoms with Gasteiger partial charge in [-0.1, -0.05) is 17.9 Å². The Balaban J connectivity index is 1.73. The lowest BCUT2D eigenvalue weighted by Crippen LogP contribution is -2.62. The minimum atomic E-state index is -1.82. The second kappa shape index (κ2) is 13.4. The van der Waals surface area contributed by atoms with Gasteiger partial charge in [0.05, 0.1) is 6.61 Å². The van der Waals surface area contributed by atoms with Gasteiger partial charge in [-0.15, -0.1) is 0 Å². The summed E-state index contributed by atoms with van der Waals surface area (Å²) in [6, 6.07) is 10.3. The summed E-state index contributed by atoms with van der Waals surface area (Å²) in [7, 11) is 2.77. The predicted molar refractivity (Wildman–Crippen MR) is 140 cm³/mol. The molecule has 9 nitrogen and oxygen atoms in total. The van der Waals surface area contributed by atoms with E-state index in [-0.39, 0.29) is 17.7 Å². The zero-order valence-corrected chi connectivity index (χ0v) is 22.2. The molecule has 1 saturated heterocycles. The Bertz CT molecular complexity index is 1250. The summed E-state index contributed by atoms with van der Waals surface area (Å²) in [5.41, 5.74) is -0.706. The molecule has 39 heavy (non-hydrogen) atoms. The first-order valence-corrected chi connectivity index (χ1v) is 12.6. The first-order chi connectivity index (χ1) is 18.6. The molecule has 1 aliphatic heterocycles. The molecule has 3 atom stereocenters. The Hall–Kier alpha value is -3.62. The van der Waals surface area contributed by atoms with E-state index in [1.165, 1.54) is 45.3 Å². The van der Waals surface area contributed by atoms with E-state index in [9.17, 15) is 23.9 Å². The zero-order chi connectivity index (χ0) is 28.6. The van der Waals surface area contributed by atoms with Crippen LogP contribution in [-0.2, 0) is 19.1 Å². The standard InChI is InChI=1S/C29H33FN2O7/c1-29(28(37)31-2,25(35)18-39-26-6-4-5-15-38-26)32(3)27(36)21-12-9-19(10-13-21)7-8-20-11-14-22(23(30)16-20)24(34)17-33/h9-14,16,24,26,33-34H,4-6,15,17-18H2,1-3H3,(H,31,37)/t24-,26?,29+/m0/s1. The van der Waals surface area contributed by atoms with Crippen molar-refractivity contribution in [1.82, 2.24) is 10.2 Å². The van der Waals surface area contributed by atoms with Crippen molar-refractivity contribution in [3.63, 3.8) is 0 Å². The summed E-state index contributed by atoms with van der Waals surface area (Å²) in [5, 5.41) is 21.1. The lowest BCUT2D eigenvalue weighted by molar-refractivity contribution is -0.174. The van der Waals surface area contributed by atoms with E-state index in [1.54, 1.807) is 12.1 Å². The highest BCUT2D eigenvalue weighted by Crippen LogP contribution is 2.22. The molecule has 10 heteroatoms. The van der Waals surface area contributed by atoms with Gasteiger partial charge in [0.25, 0.3) is 11.8 Å². The lowest BCUT2D eigenvalue weighted by atomic mass is 9.92. The number of nitrogens with zero attached hydrogens (tertiary/aromatic N) is 1. The third-order valence-corrected chi connectivity index (χ3v) is 6.74. The van der Waals surface area contributed by atoms with E-state index in [0.717, 1.165) is 23.8 Å². The van der Waals surface area contributed by atoms with Gasteiger partial charge in [0, 0.05) is 43.0 Å². The number of rotatable bonds is 9. The summed E-state index contributed by atoms with van der Waals surface area (Å²) in [6.45, 7) is 0.937. The number of ketones is 1. The maximum Gasteiger partial charge on any atom is 0.254 e. The van der Waals surface area contributed by atoms with Gasteiger partial charge in [-0.25, -0.2) is 4.39 Å².